The van der Waals surface area contributed by atoms with Crippen LogP contribution >= 0.6 is 0 Å². The van der Waals surface area contributed by atoms with E-state index >= 15 is 0 Å². The Morgan fingerprint density at radius 1 is 0.500 bits per heavy atom. The fraction of sp³-hybridized carbons (Fsp3) is 0.316. The molecule has 0 radical (unpaired) electrons. The molecule has 0 fully saturated rings. The van der Waals surface area contributed by atoms with Gasteiger partial charge < -0.3 is 9.47 Å². The molecule has 6 rings (SSSR count). The summed E-state index contributed by atoms with van der Waals surface area (Å²) in [4.78, 5) is 26.4. The summed E-state index contributed by atoms with van der Waals surface area (Å²) in [5.41, 5.74) is 7.08. The second-order valence-corrected chi connectivity index (χ2v) is 14.0. The molecular formula is C38H38O4. The molecule has 0 heterocycles. The number of benzene rings is 4. The summed E-state index contributed by atoms with van der Waals surface area (Å²) in [5.74, 6) is -0.491. The summed E-state index contributed by atoms with van der Waals surface area (Å²) in [6.45, 7) is 15.3. The molecule has 4 heteroatoms. The average Bonchev–Trinajstić information content (AvgIpc) is 3.33. The van der Waals surface area contributed by atoms with E-state index in [0.717, 1.165) is 55.6 Å². The summed E-state index contributed by atoms with van der Waals surface area (Å²) >= 11 is 0. The van der Waals surface area contributed by atoms with Gasteiger partial charge in [0, 0.05) is 22.3 Å². The summed E-state index contributed by atoms with van der Waals surface area (Å²) < 4.78 is 12.7. The van der Waals surface area contributed by atoms with Gasteiger partial charge in [0.15, 0.2) is 11.2 Å². The van der Waals surface area contributed by atoms with Crippen molar-refractivity contribution in [3.63, 3.8) is 0 Å². The van der Waals surface area contributed by atoms with Crippen LogP contribution in [0.25, 0.3) is 33.4 Å². The molecule has 0 N–H and O–H groups in total. The Kier molecular flexibility index (Phi) is 6.10. The van der Waals surface area contributed by atoms with Gasteiger partial charge in [-0.1, -0.05) is 72.8 Å². The highest BCUT2D eigenvalue weighted by Crippen LogP contribution is 2.53. The second kappa shape index (κ2) is 9.16. The van der Waals surface area contributed by atoms with Gasteiger partial charge in [0.2, 0.25) is 0 Å². The van der Waals surface area contributed by atoms with Crippen molar-refractivity contribution in [3.05, 3.63) is 107 Å². The summed E-state index contributed by atoms with van der Waals surface area (Å²) in [7, 11) is 0. The van der Waals surface area contributed by atoms with Crippen LogP contribution in [0.2, 0.25) is 0 Å². The van der Waals surface area contributed by atoms with Crippen LogP contribution in [0.4, 0.5) is 0 Å². The first-order valence-corrected chi connectivity index (χ1v) is 14.6. The van der Waals surface area contributed by atoms with E-state index in [2.05, 4.69) is 48.5 Å². The molecule has 2 unspecified atom stereocenters. The van der Waals surface area contributed by atoms with Crippen molar-refractivity contribution in [2.75, 3.05) is 0 Å². The van der Waals surface area contributed by atoms with E-state index in [4.69, 9.17) is 9.47 Å². The van der Waals surface area contributed by atoms with Crippen molar-refractivity contribution in [1.82, 2.24) is 0 Å². The Morgan fingerprint density at radius 2 is 0.833 bits per heavy atom. The van der Waals surface area contributed by atoms with Crippen molar-refractivity contribution in [2.24, 2.45) is 10.8 Å². The van der Waals surface area contributed by atoms with E-state index in [-0.39, 0.29) is 11.9 Å². The minimum atomic E-state index is -0.921. The fourth-order valence-electron chi connectivity index (χ4n) is 6.16. The Hall–Kier alpha value is -4.18. The molecule has 0 amide bonds. The molecule has 2 aliphatic rings. The minimum absolute atomic E-state index is 0.246. The molecular weight excluding hydrogens is 520 g/mol. The highest BCUT2D eigenvalue weighted by molar-refractivity contribution is 5.88. The van der Waals surface area contributed by atoms with Crippen LogP contribution in [-0.2, 0) is 30.3 Å². The molecule has 0 saturated carbocycles. The van der Waals surface area contributed by atoms with Crippen LogP contribution in [0.15, 0.2) is 84.9 Å². The van der Waals surface area contributed by atoms with Crippen LogP contribution < -0.4 is 0 Å². The topological polar surface area (TPSA) is 52.6 Å². The quantitative estimate of drug-likeness (QED) is 0.235. The first-order chi connectivity index (χ1) is 19.6. The minimum Gasteiger partial charge on any atom is -0.449 e. The SMILES string of the molecule is CC(C)(C)C(=O)OC1(C)c2ccccc2-c2ccc(-c3ccc4c(c3)C(C)(OC(=O)C(C)(C)C)c3ccccc3-4)cc21. The highest BCUT2D eigenvalue weighted by Gasteiger charge is 2.46. The maximum atomic E-state index is 13.2. The average molecular weight is 559 g/mol. The largest absolute Gasteiger partial charge is 0.449 e. The van der Waals surface area contributed by atoms with Crippen LogP contribution in [0.5, 0.6) is 0 Å². The van der Waals surface area contributed by atoms with E-state index in [1.165, 1.54) is 0 Å². The highest BCUT2D eigenvalue weighted by atomic mass is 16.6. The molecule has 214 valence electrons. The Bertz CT molecular complexity index is 1640. The monoisotopic (exact) mass is 558 g/mol. The van der Waals surface area contributed by atoms with Gasteiger partial charge >= 0.3 is 11.9 Å². The van der Waals surface area contributed by atoms with Gasteiger partial charge in [-0.2, -0.15) is 0 Å². The summed E-state index contributed by atoms with van der Waals surface area (Å²) in [6, 6.07) is 29.1. The number of esters is 2. The molecule has 2 aliphatic carbocycles. The van der Waals surface area contributed by atoms with Crippen molar-refractivity contribution >= 4 is 11.9 Å². The molecule has 4 aromatic rings. The molecule has 0 bridgehead atoms. The van der Waals surface area contributed by atoms with Crippen LogP contribution in [0.1, 0.15) is 77.6 Å². The zero-order valence-electron chi connectivity index (χ0n) is 25.7. The van der Waals surface area contributed by atoms with Gasteiger partial charge in [0.25, 0.3) is 0 Å². The van der Waals surface area contributed by atoms with Crippen molar-refractivity contribution in [3.8, 4) is 33.4 Å². The maximum Gasteiger partial charge on any atom is 0.312 e. The molecule has 0 aliphatic heterocycles. The molecule has 2 atom stereocenters. The molecule has 0 spiro atoms. The normalized spacial score (nSPS) is 20.3. The fourth-order valence-corrected chi connectivity index (χ4v) is 6.16. The van der Waals surface area contributed by atoms with Crippen molar-refractivity contribution in [1.29, 1.82) is 0 Å². The molecule has 42 heavy (non-hydrogen) atoms. The predicted octanol–water partition coefficient (Wildman–Crippen LogP) is 9.02. The Morgan fingerprint density at radius 3 is 1.19 bits per heavy atom. The summed E-state index contributed by atoms with van der Waals surface area (Å²) in [6.07, 6.45) is 0. The number of rotatable bonds is 3. The first-order valence-electron chi connectivity index (χ1n) is 14.6. The second-order valence-electron chi connectivity index (χ2n) is 14.0. The maximum absolute atomic E-state index is 13.2. The number of hydrogen-bond donors (Lipinski definition) is 0. The summed E-state index contributed by atoms with van der Waals surface area (Å²) in [5, 5.41) is 0. The van der Waals surface area contributed by atoms with Crippen LogP contribution in [-0.4, -0.2) is 11.9 Å². The van der Waals surface area contributed by atoms with Crippen molar-refractivity contribution < 1.29 is 19.1 Å². The third-order valence-electron chi connectivity index (χ3n) is 8.68. The molecule has 4 aromatic carbocycles. The van der Waals surface area contributed by atoms with E-state index in [1.807, 2.05) is 91.8 Å². The van der Waals surface area contributed by atoms with Gasteiger partial charge in [-0.25, -0.2) is 0 Å². The van der Waals surface area contributed by atoms with Gasteiger partial charge in [-0.3, -0.25) is 9.59 Å². The lowest BCUT2D eigenvalue weighted by Crippen LogP contribution is -2.34. The number of hydrogen-bond acceptors (Lipinski definition) is 4. The van der Waals surface area contributed by atoms with E-state index < -0.39 is 22.0 Å². The number of carbonyl (C=O) groups is 2. The zero-order valence-corrected chi connectivity index (χ0v) is 25.7. The predicted molar refractivity (Wildman–Crippen MR) is 167 cm³/mol. The smallest absolute Gasteiger partial charge is 0.312 e. The van der Waals surface area contributed by atoms with E-state index in [0.29, 0.717) is 0 Å². The molecule has 0 aromatic heterocycles. The lowest BCUT2D eigenvalue weighted by Gasteiger charge is -2.31. The number of carbonyl (C=O) groups excluding carboxylic acids is 2. The van der Waals surface area contributed by atoms with Crippen LogP contribution in [0, 0.1) is 10.8 Å². The van der Waals surface area contributed by atoms with Gasteiger partial charge in [0.1, 0.15) is 0 Å². The third-order valence-corrected chi connectivity index (χ3v) is 8.68. The molecule has 0 saturated heterocycles. The van der Waals surface area contributed by atoms with Crippen molar-refractivity contribution in [2.45, 2.75) is 66.6 Å². The standard InChI is InChI=1S/C38H38O4/c1-35(2,3)33(39)41-37(7)29-15-11-9-13-25(29)27-19-17-23(21-31(27)37)24-18-20-28-26-14-10-12-16-30(26)38(8,32(28)22-24)42-34(40)36(4,5)6/h9-22H,1-8H3. The third kappa shape index (κ3) is 4.19. The van der Waals surface area contributed by atoms with Gasteiger partial charge in [-0.05, 0) is 101 Å². The molecule has 4 nitrogen and oxygen atoms in total. The van der Waals surface area contributed by atoms with E-state index in [9.17, 15) is 9.59 Å². The first kappa shape index (κ1) is 28.0. The Balaban J connectivity index is 1.48. The van der Waals surface area contributed by atoms with Gasteiger partial charge in [0.05, 0.1) is 10.8 Å². The number of ether oxygens (including phenoxy) is 2. The number of fused-ring (bicyclic) bond motifs is 6. The lowest BCUT2D eigenvalue weighted by atomic mass is 9.88. The van der Waals surface area contributed by atoms with Gasteiger partial charge in [-0.15, -0.1) is 0 Å². The van der Waals surface area contributed by atoms with E-state index in [1.54, 1.807) is 0 Å². The lowest BCUT2D eigenvalue weighted by molar-refractivity contribution is -0.165. The van der Waals surface area contributed by atoms with Crippen LogP contribution in [0.3, 0.4) is 0 Å². The Labute approximate surface area is 248 Å². The zero-order chi connectivity index (χ0) is 30.2.